The fourth-order valence-corrected chi connectivity index (χ4v) is 2.75. The highest BCUT2D eigenvalue weighted by Crippen LogP contribution is 2.17. The number of anilines is 1. The van der Waals surface area contributed by atoms with Crippen LogP contribution in [-0.4, -0.2) is 23.8 Å². The van der Waals surface area contributed by atoms with Gasteiger partial charge in [0.25, 0.3) is 0 Å². The van der Waals surface area contributed by atoms with Crippen molar-refractivity contribution in [3.8, 4) is 5.75 Å². The summed E-state index contributed by atoms with van der Waals surface area (Å²) in [5.41, 5.74) is 0.954. The monoisotopic (exact) mass is 435 g/mol. The third-order valence-corrected chi connectivity index (χ3v) is 4.60. The second-order valence-electron chi connectivity index (χ2n) is 7.50. The number of benzene rings is 2. The zero-order valence-electron chi connectivity index (χ0n) is 18.2. The molecule has 1 amide bonds. The van der Waals surface area contributed by atoms with Crippen molar-refractivity contribution in [3.05, 3.63) is 83.8 Å². The molecule has 0 spiro atoms. The van der Waals surface area contributed by atoms with Gasteiger partial charge < -0.3 is 19.2 Å². The molecule has 1 N–H and O–H groups in total. The van der Waals surface area contributed by atoms with Crippen LogP contribution in [0.15, 0.2) is 71.1 Å². The van der Waals surface area contributed by atoms with Crippen molar-refractivity contribution in [1.82, 2.24) is 0 Å². The van der Waals surface area contributed by atoms with Gasteiger partial charge in [-0.15, -0.1) is 0 Å². The van der Waals surface area contributed by atoms with Crippen LogP contribution in [0.5, 0.6) is 5.75 Å². The van der Waals surface area contributed by atoms with E-state index in [1.807, 2.05) is 30.3 Å². The normalized spacial score (nSPS) is 11.6. The number of carbonyl (C=O) groups is 3. The quantitative estimate of drug-likeness (QED) is 0.380. The van der Waals surface area contributed by atoms with E-state index >= 15 is 0 Å². The Morgan fingerprint density at radius 1 is 0.906 bits per heavy atom. The number of amides is 1. The van der Waals surface area contributed by atoms with Crippen molar-refractivity contribution in [2.45, 2.75) is 33.5 Å². The van der Waals surface area contributed by atoms with Crippen molar-refractivity contribution >= 4 is 23.3 Å². The largest absolute Gasteiger partial charge is 0.486 e. The lowest BCUT2D eigenvalue weighted by Gasteiger charge is -2.12. The summed E-state index contributed by atoms with van der Waals surface area (Å²) < 4.78 is 16.3. The lowest BCUT2D eigenvalue weighted by atomic mass is 10.1. The third kappa shape index (κ3) is 6.07. The first-order valence-electron chi connectivity index (χ1n) is 10.3. The van der Waals surface area contributed by atoms with Gasteiger partial charge in [-0.3, -0.25) is 9.59 Å². The Kier molecular flexibility index (Phi) is 7.44. The van der Waals surface area contributed by atoms with E-state index in [1.54, 1.807) is 44.2 Å². The number of hydrogen-bond acceptors (Lipinski definition) is 6. The summed E-state index contributed by atoms with van der Waals surface area (Å²) in [4.78, 5) is 36.7. The van der Waals surface area contributed by atoms with Crippen LogP contribution in [0.4, 0.5) is 5.69 Å². The third-order valence-electron chi connectivity index (χ3n) is 4.60. The molecule has 1 heterocycles. The molecular weight excluding hydrogens is 410 g/mol. The molecule has 166 valence electrons. The number of rotatable bonds is 9. The highest BCUT2D eigenvalue weighted by atomic mass is 16.6. The van der Waals surface area contributed by atoms with E-state index in [1.165, 1.54) is 13.0 Å². The zero-order chi connectivity index (χ0) is 23.1. The summed E-state index contributed by atoms with van der Waals surface area (Å²) in [6.45, 7) is 5.24. The lowest BCUT2D eigenvalue weighted by molar-refractivity contribution is -0.118. The number of ketones is 1. The Morgan fingerprint density at radius 2 is 1.59 bits per heavy atom. The van der Waals surface area contributed by atoms with Crippen LogP contribution in [0.1, 0.15) is 47.4 Å². The molecule has 3 rings (SSSR count). The Bertz CT molecular complexity index is 1070. The van der Waals surface area contributed by atoms with Crippen molar-refractivity contribution in [3.63, 3.8) is 0 Å². The van der Waals surface area contributed by atoms with Crippen molar-refractivity contribution in [2.24, 2.45) is 5.92 Å². The molecule has 0 radical (unpaired) electrons. The first-order chi connectivity index (χ1) is 15.3. The number of para-hydroxylation sites is 1. The Labute approximate surface area is 186 Å². The maximum absolute atomic E-state index is 12.6. The molecule has 0 saturated heterocycles. The number of carbonyl (C=O) groups excluding carboxylic acids is 3. The highest BCUT2D eigenvalue weighted by Gasteiger charge is 2.22. The van der Waals surface area contributed by atoms with E-state index < -0.39 is 12.1 Å². The van der Waals surface area contributed by atoms with E-state index in [2.05, 4.69) is 5.32 Å². The Balaban J connectivity index is 1.54. The number of esters is 1. The van der Waals surface area contributed by atoms with Crippen LogP contribution >= 0.6 is 0 Å². The minimum atomic E-state index is -1.01. The van der Waals surface area contributed by atoms with E-state index in [-0.39, 0.29) is 30.0 Å². The molecule has 0 aliphatic rings. The van der Waals surface area contributed by atoms with Crippen molar-refractivity contribution in [2.75, 3.05) is 5.32 Å². The van der Waals surface area contributed by atoms with E-state index in [0.29, 0.717) is 22.8 Å². The predicted molar refractivity (Wildman–Crippen MR) is 119 cm³/mol. The highest BCUT2D eigenvalue weighted by molar-refractivity contribution is 6.01. The molecule has 32 heavy (non-hydrogen) atoms. The first kappa shape index (κ1) is 22.8. The van der Waals surface area contributed by atoms with Gasteiger partial charge in [0.05, 0.1) is 0 Å². The average molecular weight is 435 g/mol. The maximum Gasteiger partial charge on any atom is 0.374 e. The molecule has 1 unspecified atom stereocenters. The van der Waals surface area contributed by atoms with Gasteiger partial charge in [-0.05, 0) is 55.5 Å². The SMILES string of the molecule is CC(C)C(=O)Nc1ccc(C(=O)C(C)OC(=O)c2ccc(COc3ccccc3)o2)cc1. The van der Waals surface area contributed by atoms with Crippen LogP contribution in [0.3, 0.4) is 0 Å². The lowest BCUT2D eigenvalue weighted by Crippen LogP contribution is -2.24. The van der Waals surface area contributed by atoms with Crippen LogP contribution in [0.25, 0.3) is 0 Å². The summed E-state index contributed by atoms with van der Waals surface area (Å²) in [6, 6.07) is 18.7. The summed E-state index contributed by atoms with van der Waals surface area (Å²) in [7, 11) is 0. The van der Waals surface area contributed by atoms with Gasteiger partial charge in [-0.25, -0.2) is 4.79 Å². The molecular formula is C25H25NO6. The number of ether oxygens (including phenoxy) is 2. The Hall–Kier alpha value is -3.87. The standard InChI is InChI=1S/C25H25NO6/c1-16(2)24(28)26-19-11-9-18(10-12-19)23(27)17(3)31-25(29)22-14-13-21(32-22)15-30-20-7-5-4-6-8-20/h4-14,16-17H,15H2,1-3H3,(H,26,28). The summed E-state index contributed by atoms with van der Waals surface area (Å²) >= 11 is 0. The van der Waals surface area contributed by atoms with Gasteiger partial charge in [0.1, 0.15) is 18.1 Å². The van der Waals surface area contributed by atoms with Gasteiger partial charge in [0.15, 0.2) is 6.10 Å². The van der Waals surface area contributed by atoms with E-state index in [4.69, 9.17) is 13.9 Å². The topological polar surface area (TPSA) is 94.8 Å². The van der Waals surface area contributed by atoms with Gasteiger partial charge in [0.2, 0.25) is 17.5 Å². The maximum atomic E-state index is 12.6. The van der Waals surface area contributed by atoms with Gasteiger partial charge in [0, 0.05) is 17.2 Å². The fourth-order valence-electron chi connectivity index (χ4n) is 2.75. The number of hydrogen-bond donors (Lipinski definition) is 1. The molecule has 1 atom stereocenters. The molecule has 0 saturated carbocycles. The molecule has 0 bridgehead atoms. The average Bonchev–Trinajstić information content (AvgIpc) is 3.27. The van der Waals surface area contributed by atoms with Crippen LogP contribution in [0.2, 0.25) is 0 Å². The van der Waals surface area contributed by atoms with Crippen molar-refractivity contribution < 1.29 is 28.3 Å². The van der Waals surface area contributed by atoms with Crippen molar-refractivity contribution in [1.29, 1.82) is 0 Å². The fraction of sp³-hybridized carbons (Fsp3) is 0.240. The molecule has 0 fully saturated rings. The second kappa shape index (κ2) is 10.4. The minimum absolute atomic E-state index is 0.0111. The number of furan rings is 1. The smallest absolute Gasteiger partial charge is 0.374 e. The summed E-state index contributed by atoms with van der Waals surface area (Å²) in [5, 5.41) is 2.76. The predicted octanol–water partition coefficient (Wildman–Crippen LogP) is 4.88. The first-order valence-corrected chi connectivity index (χ1v) is 10.3. The van der Waals surface area contributed by atoms with Crippen LogP contribution in [0, 0.1) is 5.92 Å². The Morgan fingerprint density at radius 3 is 2.25 bits per heavy atom. The van der Waals surface area contributed by atoms with Crippen LogP contribution in [-0.2, 0) is 16.1 Å². The molecule has 7 heteroatoms. The van der Waals surface area contributed by atoms with Crippen LogP contribution < -0.4 is 10.1 Å². The van der Waals surface area contributed by atoms with E-state index in [9.17, 15) is 14.4 Å². The zero-order valence-corrected chi connectivity index (χ0v) is 18.2. The number of Topliss-reactive ketones (excluding diaryl/α,β-unsaturated/α-hetero) is 1. The number of nitrogens with one attached hydrogen (secondary N) is 1. The summed E-state index contributed by atoms with van der Waals surface area (Å²) in [6.07, 6.45) is -1.01. The van der Waals surface area contributed by atoms with Gasteiger partial charge in [-0.1, -0.05) is 32.0 Å². The van der Waals surface area contributed by atoms with E-state index in [0.717, 1.165) is 0 Å². The second-order valence-corrected chi connectivity index (χ2v) is 7.50. The van der Waals surface area contributed by atoms with Gasteiger partial charge >= 0.3 is 5.97 Å². The summed E-state index contributed by atoms with van der Waals surface area (Å²) in [5.74, 6) is -0.234. The molecule has 1 aromatic heterocycles. The molecule has 3 aromatic rings. The molecule has 7 nitrogen and oxygen atoms in total. The van der Waals surface area contributed by atoms with Gasteiger partial charge in [-0.2, -0.15) is 0 Å². The molecule has 2 aromatic carbocycles. The minimum Gasteiger partial charge on any atom is -0.486 e. The molecule has 0 aliphatic carbocycles. The molecule has 0 aliphatic heterocycles.